The molecule has 1 aromatic carbocycles. The number of carbonyl (C=O) groups excluding carboxylic acids is 1. The van der Waals surface area contributed by atoms with Crippen LogP contribution >= 0.6 is 11.6 Å². The summed E-state index contributed by atoms with van der Waals surface area (Å²) in [5.74, 6) is -0.413. The summed E-state index contributed by atoms with van der Waals surface area (Å²) < 4.78 is 1.69. The highest BCUT2D eigenvalue weighted by Gasteiger charge is 2.15. The smallest absolute Gasteiger partial charge is 0.257 e. The van der Waals surface area contributed by atoms with Crippen molar-refractivity contribution < 1.29 is 4.79 Å². The molecule has 0 unspecified atom stereocenters. The first-order chi connectivity index (χ1) is 11.1. The molecule has 2 aromatic heterocycles. The van der Waals surface area contributed by atoms with E-state index in [9.17, 15) is 9.59 Å². The molecular formula is C17H14ClN3O2. The molecular weight excluding hydrogens is 314 g/mol. The summed E-state index contributed by atoms with van der Waals surface area (Å²) >= 11 is 6.14. The number of amides is 1. The lowest BCUT2D eigenvalue weighted by Gasteiger charge is -2.10. The molecule has 3 rings (SSSR count). The van der Waals surface area contributed by atoms with Gasteiger partial charge in [-0.1, -0.05) is 17.7 Å². The number of rotatable bonds is 3. The van der Waals surface area contributed by atoms with Crippen LogP contribution in [-0.2, 0) is 13.6 Å². The minimum absolute atomic E-state index is 0.0938. The molecule has 1 N–H and O–H groups in total. The van der Waals surface area contributed by atoms with E-state index in [0.29, 0.717) is 22.5 Å². The molecule has 3 aromatic rings. The molecule has 0 saturated carbocycles. The summed E-state index contributed by atoms with van der Waals surface area (Å²) in [6.07, 6.45) is 4.81. The molecule has 0 fully saturated rings. The highest BCUT2D eigenvalue weighted by Crippen LogP contribution is 2.20. The molecule has 0 atom stereocenters. The Bertz CT molecular complexity index is 936. The van der Waals surface area contributed by atoms with Gasteiger partial charge in [-0.3, -0.25) is 14.6 Å². The molecule has 0 bridgehead atoms. The van der Waals surface area contributed by atoms with Crippen LogP contribution in [0.15, 0.2) is 53.7 Å². The van der Waals surface area contributed by atoms with E-state index in [1.165, 1.54) is 6.20 Å². The largest absolute Gasteiger partial charge is 0.348 e. The Hall–Kier alpha value is -2.66. The number of carbonyl (C=O) groups is 1. The van der Waals surface area contributed by atoms with Gasteiger partial charge in [0.15, 0.2) is 0 Å². The monoisotopic (exact) mass is 327 g/mol. The molecule has 0 aliphatic rings. The first kappa shape index (κ1) is 15.2. The number of pyridine rings is 2. The zero-order valence-electron chi connectivity index (χ0n) is 12.4. The minimum atomic E-state index is -0.413. The standard InChI is InChI=1S/C17H14ClN3O2/c1-21-10-13(16(22)12-3-2-4-14(18)15(12)21)17(23)20-9-11-5-7-19-8-6-11/h2-8,10H,9H2,1H3,(H,20,23). The SMILES string of the molecule is Cn1cc(C(=O)NCc2ccncc2)c(=O)c2cccc(Cl)c21. The van der Waals surface area contributed by atoms with E-state index in [2.05, 4.69) is 10.3 Å². The van der Waals surface area contributed by atoms with Crippen molar-refractivity contribution in [3.63, 3.8) is 0 Å². The summed E-state index contributed by atoms with van der Waals surface area (Å²) in [5.41, 5.74) is 1.29. The molecule has 0 aliphatic heterocycles. The fourth-order valence-electron chi connectivity index (χ4n) is 2.46. The van der Waals surface area contributed by atoms with E-state index in [-0.39, 0.29) is 11.0 Å². The zero-order chi connectivity index (χ0) is 16.4. The van der Waals surface area contributed by atoms with Gasteiger partial charge in [-0.15, -0.1) is 0 Å². The third-order valence-electron chi connectivity index (χ3n) is 3.60. The lowest BCUT2D eigenvalue weighted by molar-refractivity contribution is 0.0949. The molecule has 2 heterocycles. The van der Waals surface area contributed by atoms with Crippen LogP contribution < -0.4 is 10.7 Å². The average Bonchev–Trinajstić information content (AvgIpc) is 2.56. The second-order valence-electron chi connectivity index (χ2n) is 5.16. The Morgan fingerprint density at radius 3 is 2.74 bits per heavy atom. The summed E-state index contributed by atoms with van der Waals surface area (Å²) in [6, 6.07) is 8.69. The highest BCUT2D eigenvalue weighted by atomic mass is 35.5. The van der Waals surface area contributed by atoms with E-state index in [0.717, 1.165) is 5.56 Å². The van der Waals surface area contributed by atoms with Crippen molar-refractivity contribution in [1.82, 2.24) is 14.9 Å². The van der Waals surface area contributed by atoms with Gasteiger partial charge in [-0.25, -0.2) is 0 Å². The van der Waals surface area contributed by atoms with Crippen molar-refractivity contribution in [3.8, 4) is 0 Å². The molecule has 23 heavy (non-hydrogen) atoms. The topological polar surface area (TPSA) is 64.0 Å². The van der Waals surface area contributed by atoms with Crippen molar-refractivity contribution in [3.05, 3.63) is 75.3 Å². The molecule has 0 aliphatic carbocycles. The fraction of sp³-hybridized carbons (Fsp3) is 0.118. The maximum absolute atomic E-state index is 12.5. The molecule has 0 radical (unpaired) electrons. The van der Waals surface area contributed by atoms with E-state index in [1.54, 1.807) is 54.3 Å². The molecule has 6 heteroatoms. The molecule has 116 valence electrons. The fourth-order valence-corrected chi connectivity index (χ4v) is 2.77. The molecule has 5 nitrogen and oxygen atoms in total. The zero-order valence-corrected chi connectivity index (χ0v) is 13.2. The van der Waals surface area contributed by atoms with Crippen molar-refractivity contribution in [2.24, 2.45) is 7.05 Å². The Morgan fingerprint density at radius 2 is 2.00 bits per heavy atom. The number of hydrogen-bond donors (Lipinski definition) is 1. The van der Waals surface area contributed by atoms with Gasteiger partial charge in [0.1, 0.15) is 5.56 Å². The van der Waals surface area contributed by atoms with Gasteiger partial charge in [0.25, 0.3) is 5.91 Å². The Labute approximate surface area is 137 Å². The summed E-state index contributed by atoms with van der Waals surface area (Å²) in [4.78, 5) is 28.8. The predicted octanol–water partition coefficient (Wildman–Crippen LogP) is 2.52. The summed E-state index contributed by atoms with van der Waals surface area (Å²) in [7, 11) is 1.76. The molecule has 1 amide bonds. The number of para-hydroxylation sites is 1. The van der Waals surface area contributed by atoms with Crippen LogP contribution in [0.1, 0.15) is 15.9 Å². The van der Waals surface area contributed by atoms with Crippen LogP contribution in [0.25, 0.3) is 10.9 Å². The predicted molar refractivity (Wildman–Crippen MR) is 89.6 cm³/mol. The number of nitrogens with one attached hydrogen (secondary N) is 1. The van der Waals surface area contributed by atoms with E-state index < -0.39 is 5.91 Å². The van der Waals surface area contributed by atoms with Crippen LogP contribution in [0, 0.1) is 0 Å². The van der Waals surface area contributed by atoms with Gasteiger partial charge in [0.05, 0.1) is 10.5 Å². The maximum atomic E-state index is 12.5. The van der Waals surface area contributed by atoms with Crippen molar-refractivity contribution >= 4 is 28.4 Å². The van der Waals surface area contributed by atoms with Crippen LogP contribution in [-0.4, -0.2) is 15.5 Å². The van der Waals surface area contributed by atoms with Crippen LogP contribution in [0.3, 0.4) is 0 Å². The van der Waals surface area contributed by atoms with Gasteiger partial charge in [-0.05, 0) is 29.8 Å². The second kappa shape index (κ2) is 6.22. The first-order valence-electron chi connectivity index (χ1n) is 7.03. The van der Waals surface area contributed by atoms with Crippen LogP contribution in [0.5, 0.6) is 0 Å². The number of hydrogen-bond acceptors (Lipinski definition) is 3. The number of benzene rings is 1. The number of aryl methyl sites for hydroxylation is 1. The van der Waals surface area contributed by atoms with Gasteiger partial charge >= 0.3 is 0 Å². The molecule has 0 spiro atoms. The van der Waals surface area contributed by atoms with Gasteiger partial charge < -0.3 is 9.88 Å². The van der Waals surface area contributed by atoms with Gasteiger partial charge in [0, 0.05) is 37.6 Å². The maximum Gasteiger partial charge on any atom is 0.257 e. The number of aromatic nitrogens is 2. The van der Waals surface area contributed by atoms with Crippen molar-refractivity contribution in [1.29, 1.82) is 0 Å². The van der Waals surface area contributed by atoms with Gasteiger partial charge in [-0.2, -0.15) is 0 Å². The molecule has 0 saturated heterocycles. The minimum Gasteiger partial charge on any atom is -0.348 e. The summed E-state index contributed by atoms with van der Waals surface area (Å²) in [6.45, 7) is 0.331. The van der Waals surface area contributed by atoms with E-state index >= 15 is 0 Å². The Morgan fingerprint density at radius 1 is 1.26 bits per heavy atom. The van der Waals surface area contributed by atoms with Crippen LogP contribution in [0.4, 0.5) is 0 Å². The lowest BCUT2D eigenvalue weighted by atomic mass is 10.1. The summed E-state index contributed by atoms with van der Waals surface area (Å²) in [5, 5.41) is 3.65. The van der Waals surface area contributed by atoms with E-state index in [4.69, 9.17) is 11.6 Å². The van der Waals surface area contributed by atoms with E-state index in [1.807, 2.05) is 0 Å². The first-order valence-corrected chi connectivity index (χ1v) is 7.40. The van der Waals surface area contributed by atoms with Gasteiger partial charge in [0.2, 0.25) is 5.43 Å². The number of nitrogens with zero attached hydrogens (tertiary/aromatic N) is 2. The van der Waals surface area contributed by atoms with Crippen LogP contribution in [0.2, 0.25) is 5.02 Å². The second-order valence-corrected chi connectivity index (χ2v) is 5.56. The third kappa shape index (κ3) is 2.96. The lowest BCUT2D eigenvalue weighted by Crippen LogP contribution is -2.29. The van der Waals surface area contributed by atoms with Crippen molar-refractivity contribution in [2.75, 3.05) is 0 Å². The number of fused-ring (bicyclic) bond motifs is 1. The highest BCUT2D eigenvalue weighted by molar-refractivity contribution is 6.35. The Balaban J connectivity index is 1.95. The number of halogens is 1. The average molecular weight is 328 g/mol. The quantitative estimate of drug-likeness (QED) is 0.804. The normalized spacial score (nSPS) is 10.7. The third-order valence-corrected chi connectivity index (χ3v) is 3.90. The Kier molecular flexibility index (Phi) is 4.12. The van der Waals surface area contributed by atoms with Crippen molar-refractivity contribution in [2.45, 2.75) is 6.54 Å².